The van der Waals surface area contributed by atoms with Crippen molar-refractivity contribution in [2.45, 2.75) is 145 Å². The van der Waals surface area contributed by atoms with Gasteiger partial charge in [-0.1, -0.05) is 102 Å². The Morgan fingerprint density at radius 1 is 0.796 bits per heavy atom. The molecule has 0 aromatic heterocycles. The molecular weight excluding hydrogens is 715 g/mol. The number of hydrogen-bond donors (Lipinski definition) is 0. The Balaban J connectivity index is 0.000000316. The Hall–Kier alpha value is -1.40. The van der Waals surface area contributed by atoms with Crippen molar-refractivity contribution in [2.75, 3.05) is 0 Å². The topological polar surface area (TPSA) is 0 Å². The minimum atomic E-state index is 0. The maximum atomic E-state index is 3.26. The molecule has 1 atom stereocenters. The van der Waals surface area contributed by atoms with E-state index in [1.807, 2.05) is 0 Å². The molecule has 3 aliphatic rings. The van der Waals surface area contributed by atoms with Crippen molar-refractivity contribution in [1.29, 1.82) is 0 Å². The summed E-state index contributed by atoms with van der Waals surface area (Å²) in [7, 11) is 0. The summed E-state index contributed by atoms with van der Waals surface area (Å²) in [6.07, 6.45) is 23.0. The molecule has 3 heteroatoms. The summed E-state index contributed by atoms with van der Waals surface area (Å²) in [4.78, 5) is 0. The molecule has 0 fully saturated rings. The van der Waals surface area contributed by atoms with Gasteiger partial charge in [-0.25, -0.2) is 6.08 Å². The molecule has 6 rings (SSSR count). The van der Waals surface area contributed by atoms with Gasteiger partial charge in [0.1, 0.15) is 0 Å². The molecule has 0 heterocycles. The minimum Gasteiger partial charge on any atom is -1.00 e. The van der Waals surface area contributed by atoms with Gasteiger partial charge in [0.05, 0.1) is 0 Å². The number of hydrogen-bond acceptors (Lipinski definition) is 0. The number of benzene rings is 2. The number of allylic oxidation sites excluding steroid dienone is 8. The van der Waals surface area contributed by atoms with Gasteiger partial charge in [0.15, 0.2) is 0 Å². The summed E-state index contributed by atoms with van der Waals surface area (Å²) in [6, 6.07) is 12.3. The summed E-state index contributed by atoms with van der Waals surface area (Å²) < 4.78 is 1.79. The number of halogens is 2. The first-order valence-electron chi connectivity index (χ1n) is 18.4. The van der Waals surface area contributed by atoms with E-state index in [9.17, 15) is 0 Å². The molecule has 0 spiro atoms. The van der Waals surface area contributed by atoms with E-state index in [1.165, 1.54) is 99.0 Å². The van der Waals surface area contributed by atoms with Crippen molar-refractivity contribution in [2.24, 2.45) is 11.3 Å². The van der Waals surface area contributed by atoms with Crippen molar-refractivity contribution in [3.63, 3.8) is 0 Å². The van der Waals surface area contributed by atoms with Crippen molar-refractivity contribution in [3.05, 3.63) is 88.5 Å². The Morgan fingerprint density at radius 3 is 1.55 bits per heavy atom. The van der Waals surface area contributed by atoms with E-state index in [4.69, 9.17) is 0 Å². The van der Waals surface area contributed by atoms with Crippen LogP contribution in [0.4, 0.5) is 0 Å². The van der Waals surface area contributed by atoms with Crippen molar-refractivity contribution in [1.82, 2.24) is 0 Å². The molecule has 49 heavy (non-hydrogen) atoms. The van der Waals surface area contributed by atoms with E-state index in [1.54, 1.807) is 27.4 Å². The van der Waals surface area contributed by atoms with Crippen LogP contribution in [-0.4, -0.2) is 3.21 Å². The molecule has 0 saturated heterocycles. The molecule has 0 bridgehead atoms. The maximum absolute atomic E-state index is 3.26. The monoisotopic (exact) mass is 774 g/mol. The Bertz CT molecular complexity index is 1630. The quantitative estimate of drug-likeness (QED) is 0.223. The van der Waals surface area contributed by atoms with Gasteiger partial charge < -0.3 is 24.8 Å². The zero-order valence-corrected chi connectivity index (χ0v) is 36.7. The first-order chi connectivity index (χ1) is 22.0. The standard InChI is InChI=1S/C27H29.C10H15.C9H18.2ClH.Zr/c1-16-7-9-26(3,4)24-12-18-11-19-13-25-21(17(2)8-10-27(25,5)6)15-23(19)22(18)14-20(16)24;1-8-5-6-9(7-8)10(2,3)4;1-3-5-7-9-8-6-4-2;;;/h7-8,11-15H,9-10H2,1-6H3;6-8H,1-4H3;3-8H2,1-2H3;2*1H;/q2*-1;;;;+2/p-2. The van der Waals surface area contributed by atoms with E-state index in [-0.39, 0.29) is 35.6 Å². The van der Waals surface area contributed by atoms with Crippen LogP contribution in [0, 0.1) is 17.4 Å². The SMILES string of the molecule is CC1=CCC(C)(C)c2cc3[cH-]c4cc5c(cc4c3cc21)C(C)=CCC5(C)C.CC1[C-]=CC(C(C)(C)C)=C1.CCCC[C](=[Zr+2])CCCC.[Cl-].[Cl-]. The molecule has 0 aliphatic heterocycles. The van der Waals surface area contributed by atoms with E-state index in [2.05, 4.69) is 144 Å². The van der Waals surface area contributed by atoms with E-state index in [0.29, 0.717) is 11.3 Å². The molecular formula is C46H62Cl2Zr-2. The van der Waals surface area contributed by atoms with Gasteiger partial charge in [0.2, 0.25) is 0 Å². The first-order valence-corrected chi connectivity index (χ1v) is 19.7. The Labute approximate surface area is 327 Å². The van der Waals surface area contributed by atoms with E-state index < -0.39 is 0 Å². The molecule has 3 aromatic carbocycles. The Kier molecular flexibility index (Phi) is 16.0. The predicted molar refractivity (Wildman–Crippen MR) is 208 cm³/mol. The van der Waals surface area contributed by atoms with Crippen LogP contribution in [0.3, 0.4) is 0 Å². The fourth-order valence-electron chi connectivity index (χ4n) is 7.09. The van der Waals surface area contributed by atoms with Crippen LogP contribution in [0.25, 0.3) is 32.7 Å². The molecule has 266 valence electrons. The second-order valence-electron chi connectivity index (χ2n) is 16.8. The second kappa shape index (κ2) is 17.9. The van der Waals surface area contributed by atoms with Crippen molar-refractivity contribution >= 4 is 35.9 Å². The fourth-order valence-corrected chi connectivity index (χ4v) is 7.96. The maximum Gasteiger partial charge on any atom is -1.00 e. The summed E-state index contributed by atoms with van der Waals surface area (Å²) in [5.41, 5.74) is 10.9. The third-order valence-corrected chi connectivity index (χ3v) is 11.8. The van der Waals surface area contributed by atoms with Crippen LogP contribution in [0.1, 0.15) is 157 Å². The normalized spacial score (nSPS) is 18.3. The van der Waals surface area contributed by atoms with Gasteiger partial charge in [-0.05, 0) is 59.8 Å². The van der Waals surface area contributed by atoms with Gasteiger partial charge in [-0.3, -0.25) is 6.08 Å². The van der Waals surface area contributed by atoms with Crippen molar-refractivity contribution in [3.8, 4) is 0 Å². The molecule has 0 N–H and O–H groups in total. The second-order valence-corrected chi connectivity index (χ2v) is 18.6. The minimum absolute atomic E-state index is 0. The van der Waals surface area contributed by atoms with Crippen LogP contribution in [0.2, 0.25) is 0 Å². The molecule has 0 amide bonds. The van der Waals surface area contributed by atoms with Crippen LogP contribution in [-0.2, 0) is 35.1 Å². The molecule has 0 radical (unpaired) electrons. The number of unbranched alkanes of at least 4 members (excludes halogenated alkanes) is 2. The Morgan fingerprint density at radius 2 is 1.22 bits per heavy atom. The summed E-state index contributed by atoms with van der Waals surface area (Å²) in [5.74, 6) is 0.522. The third-order valence-electron chi connectivity index (χ3n) is 10.6. The van der Waals surface area contributed by atoms with Crippen LogP contribution in [0.15, 0.2) is 60.2 Å². The van der Waals surface area contributed by atoms with Gasteiger partial charge >= 0.3 is 79.8 Å². The average Bonchev–Trinajstić information content (AvgIpc) is 3.61. The summed E-state index contributed by atoms with van der Waals surface area (Å²) in [5, 5.41) is 5.61. The van der Waals surface area contributed by atoms with Gasteiger partial charge in [0, 0.05) is 0 Å². The molecule has 3 aromatic rings. The number of rotatable bonds is 6. The first kappa shape index (κ1) is 43.8. The zero-order valence-electron chi connectivity index (χ0n) is 32.7. The fraction of sp³-hybridized carbons (Fsp3) is 0.522. The number of fused-ring (bicyclic) bond motifs is 5. The largest absolute Gasteiger partial charge is 1.00 e. The molecule has 0 nitrogen and oxygen atoms in total. The average molecular weight is 777 g/mol. The van der Waals surface area contributed by atoms with Crippen LogP contribution < -0.4 is 24.8 Å². The van der Waals surface area contributed by atoms with E-state index in [0.717, 1.165) is 12.8 Å². The summed E-state index contributed by atoms with van der Waals surface area (Å²) in [6.45, 7) is 27.4. The molecule has 0 saturated carbocycles. The van der Waals surface area contributed by atoms with E-state index >= 15 is 0 Å². The zero-order chi connectivity index (χ0) is 34.7. The van der Waals surface area contributed by atoms with Gasteiger partial charge in [-0.2, -0.15) is 11.6 Å². The molecule has 1 unspecified atom stereocenters. The van der Waals surface area contributed by atoms with Crippen LogP contribution in [0.5, 0.6) is 0 Å². The summed E-state index contributed by atoms with van der Waals surface area (Å²) >= 11 is 1.67. The molecule has 3 aliphatic carbocycles. The van der Waals surface area contributed by atoms with Crippen molar-refractivity contribution < 1.29 is 49.0 Å². The van der Waals surface area contributed by atoms with Gasteiger partial charge in [-0.15, -0.1) is 39.7 Å². The smallest absolute Gasteiger partial charge is 1.00 e. The third kappa shape index (κ3) is 10.6. The predicted octanol–water partition coefficient (Wildman–Crippen LogP) is 7.94. The van der Waals surface area contributed by atoms with Gasteiger partial charge in [0.25, 0.3) is 0 Å². The van der Waals surface area contributed by atoms with Crippen LogP contribution >= 0.6 is 0 Å².